The van der Waals surface area contributed by atoms with Crippen molar-refractivity contribution in [3.63, 3.8) is 0 Å². The number of hydrogen-bond donors (Lipinski definition) is 2. The van der Waals surface area contributed by atoms with Crippen LogP contribution in [0.15, 0.2) is 9.59 Å². The fourth-order valence-corrected chi connectivity index (χ4v) is 5.04. The van der Waals surface area contributed by atoms with E-state index in [2.05, 4.69) is 4.74 Å². The zero-order chi connectivity index (χ0) is 23.8. The van der Waals surface area contributed by atoms with Crippen molar-refractivity contribution >= 4 is 27.5 Å². The largest absolute Gasteiger partial charge is 0.522 e. The highest BCUT2D eigenvalue weighted by Crippen LogP contribution is 2.31. The number of carbonyl (C=O) groups is 1. The predicted octanol–water partition coefficient (Wildman–Crippen LogP) is 1.05. The Hall–Kier alpha value is -2.22. The Morgan fingerprint density at radius 3 is 2.38 bits per heavy atom. The molecule has 0 spiro atoms. The number of fused-ring (bicyclic) bond motifs is 1. The molecular formula is C19H24F3N3O6S. The van der Waals surface area contributed by atoms with E-state index in [1.165, 1.54) is 4.90 Å². The van der Waals surface area contributed by atoms with Crippen molar-refractivity contribution in [3.8, 4) is 0 Å². The molecule has 2 N–H and O–H groups in total. The number of carbonyl (C=O) groups excluding carboxylic acids is 1. The molecule has 0 radical (unpaired) electrons. The Labute approximate surface area is 184 Å². The zero-order valence-corrected chi connectivity index (χ0v) is 18.4. The summed E-state index contributed by atoms with van der Waals surface area (Å²) in [5.41, 5.74) is -2.29. The first-order valence-corrected chi connectivity index (χ1v) is 10.8. The lowest BCUT2D eigenvalue weighted by Crippen LogP contribution is -2.48. The summed E-state index contributed by atoms with van der Waals surface area (Å²) < 4.78 is 42.9. The molecule has 3 rings (SSSR count). The van der Waals surface area contributed by atoms with Gasteiger partial charge in [-0.1, -0.05) is 0 Å². The minimum atomic E-state index is -4.86. The molecule has 2 aromatic rings. The smallest absolute Gasteiger partial charge is 0.393 e. The first-order chi connectivity index (χ1) is 14.9. The maximum Gasteiger partial charge on any atom is 0.522 e. The molecular weight excluding hydrogens is 455 g/mol. The van der Waals surface area contributed by atoms with Gasteiger partial charge in [-0.2, -0.15) is 0 Å². The number of hydrogen-bond acceptors (Lipinski definition) is 7. The van der Waals surface area contributed by atoms with Crippen molar-refractivity contribution in [1.82, 2.24) is 14.0 Å². The summed E-state index contributed by atoms with van der Waals surface area (Å²) in [5, 5.41) is 19.6. The first kappa shape index (κ1) is 24.4. The standard InChI is InChI=1S/C19H24F3N3O6S/c1-3-24-14(27)12-11(2)13(15(28)23-6-4-18(30,10-26)5-7-23)32-16(12)25(17(24)29)8-9-31-19(20,21)22/h26,30H,3-10H2,1-2H3. The number of halogens is 3. The zero-order valence-electron chi connectivity index (χ0n) is 17.6. The van der Waals surface area contributed by atoms with Crippen molar-refractivity contribution in [2.24, 2.45) is 0 Å². The normalized spacial score (nSPS) is 16.7. The van der Waals surface area contributed by atoms with E-state index in [0.29, 0.717) is 5.56 Å². The third kappa shape index (κ3) is 4.60. The Balaban J connectivity index is 2.03. The van der Waals surface area contributed by atoms with Crippen molar-refractivity contribution in [3.05, 3.63) is 31.3 Å². The van der Waals surface area contributed by atoms with Gasteiger partial charge in [0.05, 0.1) is 35.6 Å². The quantitative estimate of drug-likeness (QED) is 0.640. The van der Waals surface area contributed by atoms with E-state index in [1.54, 1.807) is 13.8 Å². The van der Waals surface area contributed by atoms with E-state index >= 15 is 0 Å². The number of amides is 1. The molecule has 0 atom stereocenters. The van der Waals surface area contributed by atoms with Gasteiger partial charge in [0.2, 0.25) is 0 Å². The molecule has 13 heteroatoms. The molecule has 3 heterocycles. The Kier molecular flexibility index (Phi) is 6.84. The first-order valence-electron chi connectivity index (χ1n) is 10.0. The topological polar surface area (TPSA) is 114 Å². The molecule has 1 fully saturated rings. The number of piperidine rings is 1. The maximum absolute atomic E-state index is 13.1. The van der Waals surface area contributed by atoms with E-state index in [4.69, 9.17) is 0 Å². The second kappa shape index (κ2) is 8.96. The molecule has 0 saturated carbocycles. The molecule has 0 bridgehead atoms. The summed E-state index contributed by atoms with van der Waals surface area (Å²) in [6, 6.07) is 0. The molecule has 1 amide bonds. The number of aryl methyl sites for hydroxylation is 1. The number of aliphatic hydroxyl groups excluding tert-OH is 1. The molecule has 1 aliphatic rings. The van der Waals surface area contributed by atoms with Crippen molar-refractivity contribution in [1.29, 1.82) is 0 Å². The van der Waals surface area contributed by atoms with Gasteiger partial charge in [0.25, 0.3) is 11.5 Å². The number of rotatable bonds is 6. The summed E-state index contributed by atoms with van der Waals surface area (Å²) in [4.78, 5) is 40.5. The average Bonchev–Trinajstić information content (AvgIpc) is 3.07. The minimum Gasteiger partial charge on any atom is -0.393 e. The van der Waals surface area contributed by atoms with E-state index < -0.39 is 48.9 Å². The highest BCUT2D eigenvalue weighted by atomic mass is 32.1. The number of likely N-dealkylation sites (tertiary alicyclic amines) is 1. The summed E-state index contributed by atoms with van der Waals surface area (Å²) >= 11 is 0.873. The minimum absolute atomic E-state index is 0.0121. The van der Waals surface area contributed by atoms with Crippen LogP contribution in [0.4, 0.5) is 13.2 Å². The SMILES string of the molecule is CCn1c(=O)c2c(C)c(C(=O)N3CCC(O)(CO)CC3)sc2n(CCOC(F)(F)F)c1=O. The third-order valence-corrected chi connectivity index (χ3v) is 6.96. The fourth-order valence-electron chi connectivity index (χ4n) is 3.76. The Morgan fingerprint density at radius 2 is 1.84 bits per heavy atom. The van der Waals surface area contributed by atoms with Crippen LogP contribution < -0.4 is 11.2 Å². The third-order valence-electron chi connectivity index (χ3n) is 5.66. The van der Waals surface area contributed by atoms with Crippen LogP contribution in [0, 0.1) is 6.92 Å². The monoisotopic (exact) mass is 479 g/mol. The summed E-state index contributed by atoms with van der Waals surface area (Å²) in [6.45, 7) is 1.82. The van der Waals surface area contributed by atoms with Gasteiger partial charge in [0, 0.05) is 19.6 Å². The average molecular weight is 479 g/mol. The van der Waals surface area contributed by atoms with E-state index in [-0.39, 0.29) is 47.6 Å². The molecule has 1 aliphatic heterocycles. The van der Waals surface area contributed by atoms with Gasteiger partial charge < -0.3 is 15.1 Å². The van der Waals surface area contributed by atoms with E-state index in [0.717, 1.165) is 20.5 Å². The van der Waals surface area contributed by atoms with Gasteiger partial charge >= 0.3 is 12.1 Å². The van der Waals surface area contributed by atoms with Crippen LogP contribution in [-0.4, -0.2) is 68.4 Å². The van der Waals surface area contributed by atoms with Gasteiger partial charge in [-0.15, -0.1) is 24.5 Å². The Morgan fingerprint density at radius 1 is 1.22 bits per heavy atom. The van der Waals surface area contributed by atoms with E-state index in [9.17, 15) is 37.8 Å². The highest BCUT2D eigenvalue weighted by molar-refractivity contribution is 7.20. The molecule has 0 aliphatic carbocycles. The van der Waals surface area contributed by atoms with Crippen molar-refractivity contribution in [2.45, 2.75) is 51.7 Å². The molecule has 0 aromatic carbocycles. The van der Waals surface area contributed by atoms with Crippen LogP contribution in [0.2, 0.25) is 0 Å². The maximum atomic E-state index is 13.1. The lowest BCUT2D eigenvalue weighted by Gasteiger charge is -2.36. The van der Waals surface area contributed by atoms with Gasteiger partial charge in [0.15, 0.2) is 0 Å². The summed E-state index contributed by atoms with van der Waals surface area (Å²) in [7, 11) is 0. The highest BCUT2D eigenvalue weighted by Gasteiger charge is 2.35. The second-order valence-electron chi connectivity index (χ2n) is 7.69. The molecule has 0 unspecified atom stereocenters. The summed E-state index contributed by atoms with van der Waals surface area (Å²) in [6.07, 6.45) is -4.50. The number of nitrogens with zero attached hydrogens (tertiary/aromatic N) is 3. The van der Waals surface area contributed by atoms with Crippen LogP contribution in [0.1, 0.15) is 35.0 Å². The van der Waals surface area contributed by atoms with Crippen LogP contribution >= 0.6 is 11.3 Å². The molecule has 2 aromatic heterocycles. The number of aliphatic hydroxyl groups is 2. The van der Waals surface area contributed by atoms with Crippen molar-refractivity contribution in [2.75, 3.05) is 26.3 Å². The van der Waals surface area contributed by atoms with Crippen molar-refractivity contribution < 1.29 is 32.9 Å². The van der Waals surface area contributed by atoms with Crippen LogP contribution in [0.5, 0.6) is 0 Å². The predicted molar refractivity (Wildman–Crippen MR) is 110 cm³/mol. The van der Waals surface area contributed by atoms with E-state index in [1.807, 2.05) is 0 Å². The molecule has 9 nitrogen and oxygen atoms in total. The van der Waals surface area contributed by atoms with Gasteiger partial charge in [0.1, 0.15) is 4.83 Å². The molecule has 1 saturated heterocycles. The molecule has 178 valence electrons. The lowest BCUT2D eigenvalue weighted by molar-refractivity contribution is -0.325. The molecule has 32 heavy (non-hydrogen) atoms. The van der Waals surface area contributed by atoms with Gasteiger partial charge in [-0.3, -0.25) is 23.5 Å². The van der Waals surface area contributed by atoms with Gasteiger partial charge in [-0.05, 0) is 32.3 Å². The Bertz CT molecular complexity index is 1130. The van der Waals surface area contributed by atoms with Gasteiger partial charge in [-0.25, -0.2) is 4.79 Å². The number of alkyl halides is 3. The lowest BCUT2D eigenvalue weighted by atomic mass is 9.92. The second-order valence-corrected chi connectivity index (χ2v) is 8.69. The van der Waals surface area contributed by atoms with Crippen LogP contribution in [0.25, 0.3) is 10.2 Å². The summed E-state index contributed by atoms with van der Waals surface area (Å²) in [5.74, 6) is -0.406. The van der Waals surface area contributed by atoms with Crippen LogP contribution in [-0.2, 0) is 17.8 Å². The number of ether oxygens (including phenoxy) is 1. The fraction of sp³-hybridized carbons (Fsp3) is 0.632. The number of thiophene rings is 1. The van der Waals surface area contributed by atoms with Crippen LogP contribution in [0.3, 0.4) is 0 Å². The number of aromatic nitrogens is 2.